The smallest absolute Gasteiger partial charge is 0.462 e. The summed E-state index contributed by atoms with van der Waals surface area (Å²) in [5.74, 6) is -0.827. The highest BCUT2D eigenvalue weighted by Crippen LogP contribution is 2.43. The molecule has 0 heterocycles. The molecule has 1 N–H and O–H groups in total. The third-order valence-electron chi connectivity index (χ3n) is 13.9. The molecule has 0 aliphatic heterocycles. The second-order valence-electron chi connectivity index (χ2n) is 23.4. The number of likely N-dealkylation sites (N-methyl/N-ethyl adjacent to an activating group) is 1. The van der Waals surface area contributed by atoms with Crippen molar-refractivity contribution in [2.75, 3.05) is 47.5 Å². The highest BCUT2D eigenvalue weighted by atomic mass is 31.2. The van der Waals surface area contributed by atoms with Crippen molar-refractivity contribution in [1.29, 1.82) is 0 Å². The predicted molar refractivity (Wildman–Crippen MR) is 380 cm³/mol. The van der Waals surface area contributed by atoms with Crippen LogP contribution in [0, 0.1) is 0 Å². The maximum Gasteiger partial charge on any atom is 0.472 e. The fourth-order valence-corrected chi connectivity index (χ4v) is 9.46. The van der Waals surface area contributed by atoms with Gasteiger partial charge in [-0.3, -0.25) is 18.6 Å². The van der Waals surface area contributed by atoms with E-state index >= 15 is 0 Å². The van der Waals surface area contributed by atoms with Gasteiger partial charge in [0.05, 0.1) is 27.7 Å². The van der Waals surface area contributed by atoms with Crippen LogP contribution in [0.4, 0.5) is 0 Å². The number of hydrogen-bond donors (Lipinski definition) is 1. The van der Waals surface area contributed by atoms with Crippen molar-refractivity contribution < 1.29 is 42.1 Å². The van der Waals surface area contributed by atoms with Gasteiger partial charge in [-0.15, -0.1) is 0 Å². The van der Waals surface area contributed by atoms with E-state index in [1.165, 1.54) is 57.8 Å². The first kappa shape index (κ1) is 83.1. The minimum atomic E-state index is -4.41. The Morgan fingerprint density at radius 1 is 0.352 bits per heavy atom. The number of esters is 2. The number of unbranched alkanes of at least 4 members (excludes halogenated alkanes) is 17. The van der Waals surface area contributed by atoms with Crippen molar-refractivity contribution in [2.24, 2.45) is 0 Å². The maximum absolute atomic E-state index is 12.9. The standard InChI is InChI=1S/C78H126NO8P/c1-6-8-10-12-14-16-18-20-22-24-26-28-30-32-34-36-37-38-39-40-41-43-45-47-49-51-53-55-57-59-61-63-65-67-69-71-78(81)87-76(75-86-88(82,83)85-73-72-79(3,4)5)74-84-77(80)70-68-66-64-62-60-58-56-54-52-50-48-46-44-42-35-33-31-29-27-25-23-21-19-17-15-13-11-9-7-2/h8-11,14-17,20-23,26-29,32-35,37-38,40-41,44-47,50,52,76H,6-7,12-13,18-19,24-25,30-31,36,39,42-43,48-49,51,53-75H2,1-5H3/p+1/b10-8-,11-9-,16-14-,17-15-,22-20-,23-21-,28-26-,29-27-,34-32-,35-33-,38-37-,41-40-,46-44-,47-45-,52-50-. The lowest BCUT2D eigenvalue weighted by atomic mass is 10.0. The van der Waals surface area contributed by atoms with Gasteiger partial charge in [-0.1, -0.05) is 280 Å². The molecule has 0 aliphatic carbocycles. The molecule has 10 heteroatoms. The van der Waals surface area contributed by atoms with Gasteiger partial charge in [0.15, 0.2) is 6.10 Å². The van der Waals surface area contributed by atoms with Crippen molar-refractivity contribution in [3.8, 4) is 0 Å². The monoisotopic (exact) mass is 1240 g/mol. The second-order valence-corrected chi connectivity index (χ2v) is 24.9. The molecule has 0 saturated carbocycles. The van der Waals surface area contributed by atoms with Crippen LogP contribution < -0.4 is 0 Å². The van der Waals surface area contributed by atoms with Gasteiger partial charge in [0.2, 0.25) is 0 Å². The number of carbonyl (C=O) groups excluding carboxylic acids is 2. The van der Waals surface area contributed by atoms with Crippen LogP contribution in [0.25, 0.3) is 0 Å². The average Bonchev–Trinajstić information content (AvgIpc) is 3.57. The fourth-order valence-electron chi connectivity index (χ4n) is 8.72. The Morgan fingerprint density at radius 2 is 0.614 bits per heavy atom. The molecular formula is C78H127NO8P+. The quantitative estimate of drug-likeness (QED) is 0.0211. The molecular weight excluding hydrogens is 1110 g/mol. The number of allylic oxidation sites excluding steroid dienone is 30. The molecule has 0 aliphatic rings. The lowest BCUT2D eigenvalue weighted by molar-refractivity contribution is -0.870. The maximum atomic E-state index is 12.9. The van der Waals surface area contributed by atoms with E-state index in [0.29, 0.717) is 23.9 Å². The van der Waals surface area contributed by atoms with E-state index in [1.54, 1.807) is 0 Å². The van der Waals surface area contributed by atoms with Crippen LogP contribution in [0.15, 0.2) is 182 Å². The normalized spacial score (nSPS) is 14.3. The van der Waals surface area contributed by atoms with E-state index in [4.69, 9.17) is 18.5 Å². The van der Waals surface area contributed by atoms with Crippen molar-refractivity contribution in [3.63, 3.8) is 0 Å². The zero-order chi connectivity index (χ0) is 64.1. The summed E-state index contributed by atoms with van der Waals surface area (Å²) in [6, 6.07) is 0. The number of quaternary nitrogens is 1. The second kappa shape index (κ2) is 66.5. The van der Waals surface area contributed by atoms with E-state index in [9.17, 15) is 19.0 Å². The number of ether oxygens (including phenoxy) is 2. The lowest BCUT2D eigenvalue weighted by Crippen LogP contribution is -2.37. The Hall–Kier alpha value is -4.89. The van der Waals surface area contributed by atoms with E-state index in [-0.39, 0.29) is 32.0 Å². The highest BCUT2D eigenvalue weighted by molar-refractivity contribution is 7.47. The molecule has 0 bridgehead atoms. The largest absolute Gasteiger partial charge is 0.472 e. The number of hydrogen-bond acceptors (Lipinski definition) is 7. The summed E-state index contributed by atoms with van der Waals surface area (Å²) in [4.78, 5) is 35.9. The van der Waals surface area contributed by atoms with Gasteiger partial charge in [0, 0.05) is 12.8 Å². The number of nitrogens with zero attached hydrogens (tertiary/aromatic N) is 1. The molecule has 0 rings (SSSR count). The third-order valence-corrected chi connectivity index (χ3v) is 14.9. The van der Waals surface area contributed by atoms with Crippen molar-refractivity contribution in [2.45, 2.75) is 251 Å². The SMILES string of the molecule is CC/C=C\C/C=C\C/C=C\C/C=C\C/C=C\C/C=C\C/C=C\C/C=C\CCCCCCCCCCCCC(=O)OC(COC(=O)CCCCCCCCC/C=C\C/C=C\C/C=C\C/C=C\C/C=C\C/C=C\C/C=C\CC)COP(=O)(O)OCC[N+](C)(C)C. The summed E-state index contributed by atoms with van der Waals surface area (Å²) in [6.45, 7) is 4.17. The van der Waals surface area contributed by atoms with E-state index in [0.717, 1.165) is 148 Å². The minimum absolute atomic E-state index is 0.0188. The molecule has 88 heavy (non-hydrogen) atoms. The molecule has 496 valence electrons. The van der Waals surface area contributed by atoms with Crippen LogP contribution in [0.2, 0.25) is 0 Å². The molecule has 0 aromatic heterocycles. The van der Waals surface area contributed by atoms with Gasteiger partial charge in [0.1, 0.15) is 19.8 Å². The van der Waals surface area contributed by atoms with Crippen LogP contribution in [0.5, 0.6) is 0 Å². The molecule has 2 atom stereocenters. The van der Waals surface area contributed by atoms with E-state index in [1.807, 2.05) is 21.1 Å². The Kier molecular flexibility index (Phi) is 62.8. The van der Waals surface area contributed by atoms with Crippen molar-refractivity contribution in [3.05, 3.63) is 182 Å². The summed E-state index contributed by atoms with van der Waals surface area (Å²) in [5, 5.41) is 0. The number of carbonyl (C=O) groups is 2. The van der Waals surface area contributed by atoms with Crippen LogP contribution in [-0.2, 0) is 32.7 Å². The molecule has 0 fully saturated rings. The first-order valence-electron chi connectivity index (χ1n) is 34.5. The molecule has 2 unspecified atom stereocenters. The summed E-state index contributed by atoms with van der Waals surface area (Å²) in [6.07, 6.45) is 103. The summed E-state index contributed by atoms with van der Waals surface area (Å²) >= 11 is 0. The van der Waals surface area contributed by atoms with Gasteiger partial charge in [-0.05, 0) is 135 Å². The number of phosphoric ester groups is 1. The molecule has 0 radical (unpaired) electrons. The zero-order valence-corrected chi connectivity index (χ0v) is 57.3. The Labute approximate surface area is 540 Å². The molecule has 0 saturated heterocycles. The number of phosphoric acid groups is 1. The Morgan fingerprint density at radius 3 is 0.909 bits per heavy atom. The van der Waals surface area contributed by atoms with Crippen LogP contribution >= 0.6 is 7.82 Å². The Balaban J connectivity index is 4.17. The molecule has 9 nitrogen and oxygen atoms in total. The molecule has 0 spiro atoms. The topological polar surface area (TPSA) is 108 Å². The number of rotatable bonds is 61. The third kappa shape index (κ3) is 70.2. The predicted octanol–water partition coefficient (Wildman–Crippen LogP) is 22.7. The Bertz CT molecular complexity index is 2140. The van der Waals surface area contributed by atoms with Gasteiger partial charge in [0.25, 0.3) is 0 Å². The van der Waals surface area contributed by atoms with E-state index in [2.05, 4.69) is 196 Å². The summed E-state index contributed by atoms with van der Waals surface area (Å²) in [5.41, 5.74) is 0. The fraction of sp³-hybridized carbons (Fsp3) is 0.590. The highest BCUT2D eigenvalue weighted by Gasteiger charge is 2.27. The average molecular weight is 1240 g/mol. The van der Waals surface area contributed by atoms with Crippen LogP contribution in [0.1, 0.15) is 245 Å². The van der Waals surface area contributed by atoms with Gasteiger partial charge < -0.3 is 18.9 Å². The first-order chi connectivity index (χ1) is 43.0. The molecule has 0 amide bonds. The van der Waals surface area contributed by atoms with Gasteiger partial charge in [-0.2, -0.15) is 0 Å². The zero-order valence-electron chi connectivity index (χ0n) is 56.4. The van der Waals surface area contributed by atoms with Crippen molar-refractivity contribution in [1.82, 2.24) is 0 Å². The van der Waals surface area contributed by atoms with Crippen LogP contribution in [-0.4, -0.2) is 74.9 Å². The van der Waals surface area contributed by atoms with E-state index < -0.39 is 26.5 Å². The lowest BCUT2D eigenvalue weighted by Gasteiger charge is -2.24. The minimum Gasteiger partial charge on any atom is -0.462 e. The van der Waals surface area contributed by atoms with Crippen molar-refractivity contribution >= 4 is 19.8 Å². The van der Waals surface area contributed by atoms with Crippen LogP contribution in [0.3, 0.4) is 0 Å². The summed E-state index contributed by atoms with van der Waals surface area (Å²) < 4.78 is 34.7. The van der Waals surface area contributed by atoms with Gasteiger partial charge in [-0.25, -0.2) is 4.57 Å². The first-order valence-corrected chi connectivity index (χ1v) is 36.0. The molecule has 0 aromatic rings. The summed E-state index contributed by atoms with van der Waals surface area (Å²) in [7, 11) is 1.44. The molecule has 0 aromatic carbocycles. The van der Waals surface area contributed by atoms with Gasteiger partial charge >= 0.3 is 19.8 Å².